The van der Waals surface area contributed by atoms with Gasteiger partial charge in [0, 0.05) is 18.2 Å². The SMILES string of the molecule is CC(=O)O[C@@H](CCC1C(=O)N(c2ccc(C#CCNS(C)(=O)=O)cc2)[C@@H]1c1ccc(O[Si](C)(C)C(C)(C)C)cc1)c1ccc(F)cc1. The van der Waals surface area contributed by atoms with Crippen LogP contribution in [0.15, 0.2) is 72.8 Å². The largest absolute Gasteiger partial charge is 0.544 e. The maximum Gasteiger partial charge on any atom is 0.303 e. The number of nitrogens with zero attached hydrogens (tertiary/aromatic N) is 1. The number of hydrogen-bond donors (Lipinski definition) is 1. The standard InChI is InChI=1S/C36H43FN2O6SSi/c1-25(40)44-33(27-12-16-29(37)17-13-27)23-22-32-34(28-14-20-31(21-15-28)45-47(6,7)36(2,3)4)39(35(32)41)30-18-10-26(11-19-30)9-8-24-38-46(5,42)43/h10-21,32-34,38H,22-24H2,1-7H3/t32?,33-,34+/m0/s1. The van der Waals surface area contributed by atoms with Crippen LogP contribution in [-0.2, 0) is 24.3 Å². The summed E-state index contributed by atoms with van der Waals surface area (Å²) in [5.41, 5.74) is 2.99. The lowest BCUT2D eigenvalue weighted by Gasteiger charge is -2.48. The van der Waals surface area contributed by atoms with Gasteiger partial charge in [0.15, 0.2) is 0 Å². The fraction of sp³-hybridized carbons (Fsp3) is 0.389. The van der Waals surface area contributed by atoms with Gasteiger partial charge in [0.1, 0.15) is 17.7 Å². The van der Waals surface area contributed by atoms with Crippen molar-refractivity contribution in [3.63, 3.8) is 0 Å². The lowest BCUT2D eigenvalue weighted by molar-refractivity contribution is -0.147. The number of nitrogens with one attached hydrogen (secondary N) is 1. The monoisotopic (exact) mass is 678 g/mol. The maximum absolute atomic E-state index is 13.8. The van der Waals surface area contributed by atoms with E-state index < -0.39 is 30.4 Å². The quantitative estimate of drug-likeness (QED) is 0.103. The third-order valence-electron chi connectivity index (χ3n) is 8.71. The summed E-state index contributed by atoms with van der Waals surface area (Å²) < 4.78 is 50.6. The van der Waals surface area contributed by atoms with Gasteiger partial charge in [-0.1, -0.05) is 56.9 Å². The van der Waals surface area contributed by atoms with Gasteiger partial charge >= 0.3 is 5.97 Å². The summed E-state index contributed by atoms with van der Waals surface area (Å²) in [7, 11) is -5.38. The number of halogens is 1. The Hall–Kier alpha value is -3.98. The Bertz CT molecular complexity index is 1740. The average Bonchev–Trinajstić information content (AvgIpc) is 2.98. The first-order valence-corrected chi connectivity index (χ1v) is 20.3. The highest BCUT2D eigenvalue weighted by atomic mass is 32.2. The van der Waals surface area contributed by atoms with Crippen LogP contribution in [0.5, 0.6) is 5.75 Å². The second-order valence-electron chi connectivity index (χ2n) is 13.4. The molecule has 0 saturated carbocycles. The van der Waals surface area contributed by atoms with E-state index in [-0.39, 0.29) is 35.3 Å². The molecule has 1 fully saturated rings. The summed E-state index contributed by atoms with van der Waals surface area (Å²) >= 11 is 0. The first-order valence-electron chi connectivity index (χ1n) is 15.5. The first kappa shape index (κ1) is 35.9. The predicted octanol–water partition coefficient (Wildman–Crippen LogP) is 6.90. The Morgan fingerprint density at radius 2 is 1.64 bits per heavy atom. The van der Waals surface area contributed by atoms with Crippen molar-refractivity contribution in [3.05, 3.63) is 95.3 Å². The van der Waals surface area contributed by atoms with E-state index >= 15 is 0 Å². The zero-order valence-corrected chi connectivity index (χ0v) is 29.8. The van der Waals surface area contributed by atoms with Gasteiger partial charge < -0.3 is 14.1 Å². The van der Waals surface area contributed by atoms with E-state index in [1.807, 2.05) is 36.4 Å². The minimum atomic E-state index is -3.33. The molecular weight excluding hydrogens is 636 g/mol. The molecule has 250 valence electrons. The highest BCUT2D eigenvalue weighted by Gasteiger charge is 2.48. The van der Waals surface area contributed by atoms with Crippen molar-refractivity contribution in [2.24, 2.45) is 5.92 Å². The molecule has 0 bridgehead atoms. The molecule has 1 saturated heterocycles. The zero-order chi connectivity index (χ0) is 34.6. The van der Waals surface area contributed by atoms with Gasteiger partial charge in [-0.3, -0.25) is 9.59 Å². The van der Waals surface area contributed by atoms with Crippen molar-refractivity contribution >= 4 is 35.9 Å². The zero-order valence-electron chi connectivity index (χ0n) is 28.0. The molecule has 0 radical (unpaired) electrons. The number of sulfonamides is 1. The van der Waals surface area contributed by atoms with Crippen molar-refractivity contribution < 1.29 is 31.6 Å². The number of carbonyl (C=O) groups excluding carboxylic acids is 2. The molecule has 1 N–H and O–H groups in total. The Labute approximate surface area is 278 Å². The molecular formula is C36H43FN2O6SSi. The van der Waals surface area contributed by atoms with Crippen molar-refractivity contribution in [3.8, 4) is 17.6 Å². The molecule has 1 aliphatic rings. The molecule has 3 atom stereocenters. The average molecular weight is 679 g/mol. The van der Waals surface area contributed by atoms with Gasteiger partial charge in [0.2, 0.25) is 24.2 Å². The normalized spacial score (nSPS) is 17.3. The Balaban J connectivity index is 1.59. The number of hydrogen-bond acceptors (Lipinski definition) is 6. The lowest BCUT2D eigenvalue weighted by atomic mass is 9.78. The number of β-lactam (4-membered cyclic amide) rings is 1. The third-order valence-corrected chi connectivity index (χ3v) is 13.7. The number of amides is 1. The van der Waals surface area contributed by atoms with Crippen LogP contribution in [0.4, 0.5) is 10.1 Å². The summed E-state index contributed by atoms with van der Waals surface area (Å²) in [4.78, 5) is 27.5. The minimum Gasteiger partial charge on any atom is -0.544 e. The van der Waals surface area contributed by atoms with Crippen molar-refractivity contribution in [2.75, 3.05) is 17.7 Å². The Kier molecular flexibility index (Phi) is 11.0. The number of esters is 1. The van der Waals surface area contributed by atoms with Crippen LogP contribution in [-0.4, -0.2) is 41.4 Å². The fourth-order valence-electron chi connectivity index (χ4n) is 5.20. The Morgan fingerprint density at radius 1 is 1.02 bits per heavy atom. The van der Waals surface area contributed by atoms with Crippen LogP contribution >= 0.6 is 0 Å². The molecule has 47 heavy (non-hydrogen) atoms. The Morgan fingerprint density at radius 3 is 2.19 bits per heavy atom. The van der Waals surface area contributed by atoms with Crippen LogP contribution in [0.25, 0.3) is 0 Å². The summed E-state index contributed by atoms with van der Waals surface area (Å²) in [5, 5.41) is 0.0394. The van der Waals surface area contributed by atoms with Gasteiger partial charge in [0.25, 0.3) is 0 Å². The second-order valence-corrected chi connectivity index (χ2v) is 19.9. The van der Waals surface area contributed by atoms with Gasteiger partial charge in [0.05, 0.1) is 24.8 Å². The number of ether oxygens (including phenoxy) is 1. The topological polar surface area (TPSA) is 102 Å². The van der Waals surface area contributed by atoms with E-state index in [4.69, 9.17) is 9.16 Å². The number of benzene rings is 3. The third kappa shape index (κ3) is 9.31. The van der Waals surface area contributed by atoms with Gasteiger partial charge in [-0.05, 0) is 90.6 Å². The van der Waals surface area contributed by atoms with Crippen LogP contribution in [0.1, 0.15) is 69.4 Å². The molecule has 4 rings (SSSR count). The van der Waals surface area contributed by atoms with Crippen molar-refractivity contribution in [1.29, 1.82) is 0 Å². The fourth-order valence-corrected chi connectivity index (χ4v) is 6.57. The highest BCUT2D eigenvalue weighted by Crippen LogP contribution is 2.47. The molecule has 0 aliphatic carbocycles. The molecule has 0 aromatic heterocycles. The molecule has 0 spiro atoms. The van der Waals surface area contributed by atoms with E-state index in [1.165, 1.54) is 19.1 Å². The van der Waals surface area contributed by atoms with Crippen molar-refractivity contribution in [2.45, 2.75) is 70.8 Å². The molecule has 3 aromatic rings. The second kappa shape index (κ2) is 14.4. The molecule has 1 aliphatic heterocycles. The van der Waals surface area contributed by atoms with Gasteiger partial charge in [-0.15, -0.1) is 0 Å². The summed E-state index contributed by atoms with van der Waals surface area (Å²) in [6.07, 6.45) is 1.28. The van der Waals surface area contributed by atoms with E-state index in [1.54, 1.807) is 29.2 Å². The summed E-state index contributed by atoms with van der Waals surface area (Å²) in [6, 6.07) is 20.7. The van der Waals surface area contributed by atoms with E-state index in [0.29, 0.717) is 29.7 Å². The van der Waals surface area contributed by atoms with Crippen molar-refractivity contribution in [1.82, 2.24) is 4.72 Å². The minimum absolute atomic E-state index is 0.00363. The van der Waals surface area contributed by atoms with Gasteiger partial charge in [-0.2, -0.15) is 0 Å². The summed E-state index contributed by atoms with van der Waals surface area (Å²) in [6.45, 7) is 12.3. The van der Waals surface area contributed by atoms with Crippen LogP contribution in [0.3, 0.4) is 0 Å². The van der Waals surface area contributed by atoms with E-state index in [2.05, 4.69) is 50.4 Å². The molecule has 1 unspecified atom stereocenters. The molecule has 11 heteroatoms. The number of carbonyl (C=O) groups is 2. The van der Waals surface area contributed by atoms with E-state index in [0.717, 1.165) is 17.6 Å². The summed E-state index contributed by atoms with van der Waals surface area (Å²) in [5.74, 6) is 5.21. The molecule has 3 aromatic carbocycles. The van der Waals surface area contributed by atoms with Crippen LogP contribution in [0.2, 0.25) is 18.1 Å². The van der Waals surface area contributed by atoms with E-state index in [9.17, 15) is 22.4 Å². The molecule has 1 amide bonds. The van der Waals surface area contributed by atoms with Crippen LogP contribution in [0, 0.1) is 23.6 Å². The number of rotatable bonds is 11. The van der Waals surface area contributed by atoms with Gasteiger partial charge in [-0.25, -0.2) is 17.5 Å². The number of anilines is 1. The maximum atomic E-state index is 13.8. The molecule has 8 nitrogen and oxygen atoms in total. The highest BCUT2D eigenvalue weighted by molar-refractivity contribution is 7.88. The molecule has 1 heterocycles. The lowest BCUT2D eigenvalue weighted by Crippen LogP contribution is -2.55. The smallest absolute Gasteiger partial charge is 0.303 e. The van der Waals surface area contributed by atoms with Crippen LogP contribution < -0.4 is 14.0 Å². The predicted molar refractivity (Wildman–Crippen MR) is 184 cm³/mol. The first-order chi connectivity index (χ1) is 21.9.